The fourth-order valence-corrected chi connectivity index (χ4v) is 4.22. The van der Waals surface area contributed by atoms with Crippen molar-refractivity contribution in [3.8, 4) is 0 Å². The highest BCUT2D eigenvalue weighted by atomic mass is 16.2. The molecule has 18 heavy (non-hydrogen) atoms. The van der Waals surface area contributed by atoms with Crippen LogP contribution in [0.4, 0.5) is 0 Å². The fraction of sp³-hybridized carbons (Fsp3) is 0.933. The molecule has 0 aromatic rings. The molecule has 2 saturated heterocycles. The first-order valence-corrected chi connectivity index (χ1v) is 7.72. The standard InChI is InChI=1S/C15H26N2O/c1-10-5-3-6-12(11(10)2)16-13-9-15(18)17-8-4-7-14(13)17/h10-14,16H,3-9H2,1-2H3. The van der Waals surface area contributed by atoms with Gasteiger partial charge in [-0.25, -0.2) is 0 Å². The molecular weight excluding hydrogens is 224 g/mol. The van der Waals surface area contributed by atoms with Crippen molar-refractivity contribution in [2.75, 3.05) is 6.54 Å². The average Bonchev–Trinajstić information content (AvgIpc) is 2.91. The van der Waals surface area contributed by atoms with Gasteiger partial charge < -0.3 is 10.2 Å². The van der Waals surface area contributed by atoms with Crippen LogP contribution in [0.2, 0.25) is 0 Å². The molecule has 0 bridgehead atoms. The Morgan fingerprint density at radius 3 is 2.78 bits per heavy atom. The zero-order chi connectivity index (χ0) is 12.7. The largest absolute Gasteiger partial charge is 0.338 e. The van der Waals surface area contributed by atoms with E-state index in [0.29, 0.717) is 24.0 Å². The molecule has 0 radical (unpaired) electrons. The molecule has 3 nitrogen and oxygen atoms in total. The summed E-state index contributed by atoms with van der Waals surface area (Å²) in [6.45, 7) is 5.75. The van der Waals surface area contributed by atoms with Crippen LogP contribution in [0.25, 0.3) is 0 Å². The summed E-state index contributed by atoms with van der Waals surface area (Å²) in [4.78, 5) is 14.1. The Morgan fingerprint density at radius 1 is 1.11 bits per heavy atom. The minimum Gasteiger partial charge on any atom is -0.338 e. The maximum absolute atomic E-state index is 11.9. The maximum atomic E-state index is 11.9. The molecular formula is C15H26N2O. The number of carbonyl (C=O) groups is 1. The number of amides is 1. The summed E-state index contributed by atoms with van der Waals surface area (Å²) in [5.41, 5.74) is 0. The van der Waals surface area contributed by atoms with E-state index in [9.17, 15) is 4.79 Å². The van der Waals surface area contributed by atoms with Crippen LogP contribution in [0.3, 0.4) is 0 Å². The number of hydrogen-bond donors (Lipinski definition) is 1. The first kappa shape index (κ1) is 12.5. The Balaban J connectivity index is 1.64. The summed E-state index contributed by atoms with van der Waals surface area (Å²) in [6.07, 6.45) is 7.16. The lowest BCUT2D eigenvalue weighted by Crippen LogP contribution is -2.49. The minimum absolute atomic E-state index is 0.381. The molecule has 3 fully saturated rings. The molecule has 5 unspecified atom stereocenters. The molecule has 1 saturated carbocycles. The molecule has 5 atom stereocenters. The van der Waals surface area contributed by atoms with Crippen LogP contribution in [0.15, 0.2) is 0 Å². The van der Waals surface area contributed by atoms with E-state index in [0.717, 1.165) is 24.8 Å². The van der Waals surface area contributed by atoms with Gasteiger partial charge in [0, 0.05) is 31.1 Å². The quantitative estimate of drug-likeness (QED) is 0.814. The topological polar surface area (TPSA) is 32.3 Å². The lowest BCUT2D eigenvalue weighted by molar-refractivity contribution is -0.127. The van der Waals surface area contributed by atoms with Crippen LogP contribution in [-0.2, 0) is 4.79 Å². The molecule has 3 heteroatoms. The van der Waals surface area contributed by atoms with Gasteiger partial charge in [0.2, 0.25) is 5.91 Å². The van der Waals surface area contributed by atoms with Crippen molar-refractivity contribution in [1.29, 1.82) is 0 Å². The molecule has 2 aliphatic heterocycles. The molecule has 102 valence electrons. The SMILES string of the molecule is CC1CCCC(NC2CC(=O)N3CCCC23)C1C. The van der Waals surface area contributed by atoms with Crippen LogP contribution in [0, 0.1) is 11.8 Å². The lowest BCUT2D eigenvalue weighted by Gasteiger charge is -2.37. The van der Waals surface area contributed by atoms with E-state index in [4.69, 9.17) is 0 Å². The second kappa shape index (κ2) is 4.84. The maximum Gasteiger partial charge on any atom is 0.224 e. The third kappa shape index (κ3) is 2.07. The molecule has 1 amide bonds. The van der Waals surface area contributed by atoms with Gasteiger partial charge in [0.15, 0.2) is 0 Å². The summed E-state index contributed by atoms with van der Waals surface area (Å²) in [5, 5.41) is 3.84. The van der Waals surface area contributed by atoms with Gasteiger partial charge in [-0.3, -0.25) is 4.79 Å². The summed E-state index contributed by atoms with van der Waals surface area (Å²) >= 11 is 0. The molecule has 0 aromatic heterocycles. The number of nitrogens with one attached hydrogen (secondary N) is 1. The van der Waals surface area contributed by atoms with E-state index >= 15 is 0 Å². The Bertz CT molecular complexity index is 330. The number of fused-ring (bicyclic) bond motifs is 1. The Labute approximate surface area is 110 Å². The zero-order valence-corrected chi connectivity index (χ0v) is 11.7. The molecule has 3 aliphatic rings. The number of rotatable bonds is 2. The predicted molar refractivity (Wildman–Crippen MR) is 72.2 cm³/mol. The first-order valence-electron chi connectivity index (χ1n) is 7.72. The predicted octanol–water partition coefficient (Wildman–Crippen LogP) is 2.16. The Hall–Kier alpha value is -0.570. The van der Waals surface area contributed by atoms with Crippen molar-refractivity contribution < 1.29 is 4.79 Å². The van der Waals surface area contributed by atoms with Crippen molar-refractivity contribution in [3.05, 3.63) is 0 Å². The van der Waals surface area contributed by atoms with Crippen molar-refractivity contribution in [3.63, 3.8) is 0 Å². The van der Waals surface area contributed by atoms with E-state index < -0.39 is 0 Å². The Kier molecular flexibility index (Phi) is 3.35. The molecule has 2 heterocycles. The monoisotopic (exact) mass is 250 g/mol. The van der Waals surface area contributed by atoms with Crippen molar-refractivity contribution in [2.24, 2.45) is 11.8 Å². The van der Waals surface area contributed by atoms with Gasteiger partial charge in [-0.15, -0.1) is 0 Å². The third-order valence-electron chi connectivity index (χ3n) is 5.61. The Morgan fingerprint density at radius 2 is 1.94 bits per heavy atom. The lowest BCUT2D eigenvalue weighted by atomic mass is 9.77. The van der Waals surface area contributed by atoms with Crippen molar-refractivity contribution >= 4 is 5.91 Å². The van der Waals surface area contributed by atoms with Gasteiger partial charge in [0.25, 0.3) is 0 Å². The van der Waals surface area contributed by atoms with Crippen LogP contribution in [0.1, 0.15) is 52.4 Å². The highest BCUT2D eigenvalue weighted by molar-refractivity contribution is 5.80. The first-order chi connectivity index (χ1) is 8.66. The van der Waals surface area contributed by atoms with Crippen LogP contribution >= 0.6 is 0 Å². The second-order valence-electron chi connectivity index (χ2n) is 6.65. The number of carbonyl (C=O) groups excluding carboxylic acids is 1. The van der Waals surface area contributed by atoms with Gasteiger partial charge >= 0.3 is 0 Å². The highest BCUT2D eigenvalue weighted by Gasteiger charge is 2.43. The summed E-state index contributed by atoms with van der Waals surface area (Å²) in [7, 11) is 0. The van der Waals surface area contributed by atoms with Gasteiger partial charge in [-0.2, -0.15) is 0 Å². The van der Waals surface area contributed by atoms with Crippen LogP contribution < -0.4 is 5.32 Å². The third-order valence-corrected chi connectivity index (χ3v) is 5.61. The van der Waals surface area contributed by atoms with E-state index in [1.54, 1.807) is 0 Å². The van der Waals surface area contributed by atoms with Crippen molar-refractivity contribution in [2.45, 2.75) is 70.5 Å². The molecule has 0 aromatic carbocycles. The summed E-state index contributed by atoms with van der Waals surface area (Å²) < 4.78 is 0. The number of hydrogen-bond acceptors (Lipinski definition) is 2. The van der Waals surface area contributed by atoms with Gasteiger partial charge in [-0.05, 0) is 31.1 Å². The van der Waals surface area contributed by atoms with Crippen molar-refractivity contribution in [1.82, 2.24) is 10.2 Å². The average molecular weight is 250 g/mol. The van der Waals surface area contributed by atoms with Gasteiger partial charge in [0.05, 0.1) is 0 Å². The minimum atomic E-state index is 0.381. The van der Waals surface area contributed by atoms with E-state index in [-0.39, 0.29) is 0 Å². The van der Waals surface area contributed by atoms with E-state index in [1.165, 1.54) is 32.1 Å². The van der Waals surface area contributed by atoms with E-state index in [1.807, 2.05) is 0 Å². The molecule has 3 rings (SSSR count). The van der Waals surface area contributed by atoms with Crippen LogP contribution in [-0.4, -0.2) is 35.5 Å². The molecule has 0 spiro atoms. The number of nitrogens with zero attached hydrogens (tertiary/aromatic N) is 1. The normalized spacial score (nSPS) is 44.4. The zero-order valence-electron chi connectivity index (χ0n) is 11.7. The summed E-state index contributed by atoms with van der Waals surface area (Å²) in [6, 6.07) is 1.56. The summed E-state index contributed by atoms with van der Waals surface area (Å²) in [5.74, 6) is 1.96. The van der Waals surface area contributed by atoms with Crippen LogP contribution in [0.5, 0.6) is 0 Å². The van der Waals surface area contributed by atoms with Gasteiger partial charge in [0.1, 0.15) is 0 Å². The highest BCUT2D eigenvalue weighted by Crippen LogP contribution is 2.33. The van der Waals surface area contributed by atoms with Gasteiger partial charge in [-0.1, -0.05) is 26.7 Å². The second-order valence-corrected chi connectivity index (χ2v) is 6.65. The fourth-order valence-electron chi connectivity index (χ4n) is 4.22. The van der Waals surface area contributed by atoms with E-state index in [2.05, 4.69) is 24.1 Å². The molecule has 1 N–H and O–H groups in total. The smallest absolute Gasteiger partial charge is 0.224 e. The molecule has 1 aliphatic carbocycles.